The number of nitrogens with two attached hydrogens (primary N) is 1. The van der Waals surface area contributed by atoms with Crippen LogP contribution in [-0.2, 0) is 0 Å². The predicted octanol–water partition coefficient (Wildman–Crippen LogP) is 1.02. The van der Waals surface area contributed by atoms with Crippen LogP contribution in [0.3, 0.4) is 0 Å². The fourth-order valence-electron chi connectivity index (χ4n) is 1.14. The maximum absolute atomic E-state index is 13.4. The molecule has 0 spiro atoms. The van der Waals surface area contributed by atoms with E-state index in [2.05, 4.69) is 4.74 Å². The molecule has 0 bridgehead atoms. The first-order valence-electron chi connectivity index (χ1n) is 3.93. The summed E-state index contributed by atoms with van der Waals surface area (Å²) in [5, 5.41) is 19.2. The number of carbonyl (C=O) groups is 1. The molecule has 0 aliphatic rings. The zero-order chi connectivity index (χ0) is 12.5. The van der Waals surface area contributed by atoms with Gasteiger partial charge in [0.15, 0.2) is 17.3 Å². The molecule has 1 aromatic rings. The number of nitro groups is 1. The normalized spacial score (nSPS) is 9.88. The molecule has 0 saturated heterocycles. The van der Waals surface area contributed by atoms with Gasteiger partial charge in [-0.2, -0.15) is 0 Å². The van der Waals surface area contributed by atoms with Gasteiger partial charge in [-0.25, -0.2) is 9.18 Å². The second kappa shape index (κ2) is 4.01. The number of nitro benzene ring substituents is 1. The van der Waals surface area contributed by atoms with Gasteiger partial charge < -0.3 is 15.6 Å². The molecule has 0 saturated carbocycles. The molecule has 0 aromatic heterocycles. The van der Waals surface area contributed by atoms with Gasteiger partial charge in [-0.1, -0.05) is 0 Å². The van der Waals surface area contributed by atoms with E-state index in [1.54, 1.807) is 0 Å². The van der Waals surface area contributed by atoms with Crippen LogP contribution in [0.1, 0.15) is 10.4 Å². The summed E-state index contributed by atoms with van der Waals surface area (Å²) in [5.41, 5.74) is 2.92. The standard InChI is InChI=1S/C8H7FN2O5/c1-16-7-3(8(12)13)2-4(11(14)15)6(10)5(7)9/h2H,10H2,1H3,(H,12,13). The van der Waals surface area contributed by atoms with Gasteiger partial charge in [-0.3, -0.25) is 10.1 Å². The van der Waals surface area contributed by atoms with Crippen molar-refractivity contribution < 1.29 is 24.0 Å². The van der Waals surface area contributed by atoms with Crippen molar-refractivity contribution in [2.24, 2.45) is 0 Å². The van der Waals surface area contributed by atoms with Crippen molar-refractivity contribution in [3.05, 3.63) is 27.6 Å². The Morgan fingerprint density at radius 1 is 1.69 bits per heavy atom. The highest BCUT2D eigenvalue weighted by molar-refractivity contribution is 5.93. The number of rotatable bonds is 3. The van der Waals surface area contributed by atoms with E-state index in [1.165, 1.54) is 0 Å². The number of carboxylic acids is 1. The van der Waals surface area contributed by atoms with Crippen molar-refractivity contribution in [1.29, 1.82) is 0 Å². The molecule has 1 aromatic carbocycles. The fourth-order valence-corrected chi connectivity index (χ4v) is 1.14. The maximum Gasteiger partial charge on any atom is 0.339 e. The van der Waals surface area contributed by atoms with Crippen molar-refractivity contribution in [3.63, 3.8) is 0 Å². The number of nitrogen functional groups attached to an aromatic ring is 1. The van der Waals surface area contributed by atoms with Gasteiger partial charge >= 0.3 is 5.97 Å². The Bertz CT molecular complexity index is 474. The van der Waals surface area contributed by atoms with Crippen LogP contribution in [0.5, 0.6) is 5.75 Å². The highest BCUT2D eigenvalue weighted by Gasteiger charge is 2.26. The molecule has 16 heavy (non-hydrogen) atoms. The van der Waals surface area contributed by atoms with Crippen LogP contribution in [0, 0.1) is 15.9 Å². The van der Waals surface area contributed by atoms with E-state index in [0.717, 1.165) is 7.11 Å². The number of ether oxygens (including phenoxy) is 1. The lowest BCUT2D eigenvalue weighted by atomic mass is 10.1. The van der Waals surface area contributed by atoms with Crippen LogP contribution in [0.2, 0.25) is 0 Å². The maximum atomic E-state index is 13.4. The minimum Gasteiger partial charge on any atom is -0.493 e. The van der Waals surface area contributed by atoms with Crippen LogP contribution in [0.4, 0.5) is 15.8 Å². The number of nitrogens with zero attached hydrogens (tertiary/aromatic N) is 1. The average molecular weight is 230 g/mol. The number of benzene rings is 1. The average Bonchev–Trinajstić information content (AvgIpc) is 2.20. The minimum absolute atomic E-state index is 0.629. The Hall–Kier alpha value is -2.38. The van der Waals surface area contributed by atoms with Crippen molar-refractivity contribution >= 4 is 17.3 Å². The summed E-state index contributed by atoms with van der Waals surface area (Å²) < 4.78 is 17.9. The Morgan fingerprint density at radius 2 is 2.25 bits per heavy atom. The van der Waals surface area contributed by atoms with Crippen molar-refractivity contribution in [3.8, 4) is 5.75 Å². The number of hydrogen-bond donors (Lipinski definition) is 2. The third-order valence-electron chi connectivity index (χ3n) is 1.87. The molecular weight excluding hydrogens is 223 g/mol. The molecule has 0 aliphatic heterocycles. The van der Waals surface area contributed by atoms with Crippen molar-refractivity contribution in [1.82, 2.24) is 0 Å². The molecule has 8 heteroatoms. The number of carboxylic acid groups (broad SMARTS) is 1. The van der Waals surface area contributed by atoms with Gasteiger partial charge in [0.25, 0.3) is 5.69 Å². The lowest BCUT2D eigenvalue weighted by molar-refractivity contribution is -0.384. The molecule has 0 unspecified atom stereocenters. The van der Waals surface area contributed by atoms with Crippen molar-refractivity contribution in [2.45, 2.75) is 0 Å². The molecule has 0 fully saturated rings. The van der Waals surface area contributed by atoms with Gasteiger partial charge in [0.1, 0.15) is 5.56 Å². The summed E-state index contributed by atoms with van der Waals surface area (Å²) >= 11 is 0. The number of hydrogen-bond acceptors (Lipinski definition) is 5. The van der Waals surface area contributed by atoms with Crippen LogP contribution < -0.4 is 10.5 Å². The summed E-state index contributed by atoms with van der Waals surface area (Å²) in [6, 6.07) is 0.652. The largest absolute Gasteiger partial charge is 0.493 e. The second-order valence-electron chi connectivity index (χ2n) is 2.77. The van der Waals surface area contributed by atoms with Crippen LogP contribution in [-0.4, -0.2) is 23.1 Å². The lowest BCUT2D eigenvalue weighted by Crippen LogP contribution is -2.07. The highest BCUT2D eigenvalue weighted by Crippen LogP contribution is 2.34. The smallest absolute Gasteiger partial charge is 0.339 e. The van der Waals surface area contributed by atoms with Gasteiger partial charge in [-0.05, 0) is 0 Å². The van der Waals surface area contributed by atoms with E-state index in [1.807, 2.05) is 0 Å². The van der Waals surface area contributed by atoms with E-state index >= 15 is 0 Å². The van der Waals surface area contributed by atoms with Crippen LogP contribution in [0.25, 0.3) is 0 Å². The van der Waals surface area contributed by atoms with E-state index in [0.29, 0.717) is 6.07 Å². The quantitative estimate of drug-likeness (QED) is 0.455. The van der Waals surface area contributed by atoms with Gasteiger partial charge in [-0.15, -0.1) is 0 Å². The molecule has 7 nitrogen and oxygen atoms in total. The number of methoxy groups -OCH3 is 1. The zero-order valence-electron chi connectivity index (χ0n) is 8.06. The first kappa shape index (κ1) is 11.7. The topological polar surface area (TPSA) is 116 Å². The molecule has 0 aliphatic carbocycles. The number of anilines is 1. The Morgan fingerprint density at radius 3 is 2.62 bits per heavy atom. The Labute approximate surface area is 88.4 Å². The predicted molar refractivity (Wildman–Crippen MR) is 51.0 cm³/mol. The zero-order valence-corrected chi connectivity index (χ0v) is 8.06. The number of halogens is 1. The fraction of sp³-hybridized carbons (Fsp3) is 0.125. The molecule has 1 rings (SSSR count). The van der Waals surface area contributed by atoms with Crippen LogP contribution >= 0.6 is 0 Å². The summed E-state index contributed by atoms with van der Waals surface area (Å²) in [6.45, 7) is 0. The first-order valence-corrected chi connectivity index (χ1v) is 3.93. The van der Waals surface area contributed by atoms with E-state index in [-0.39, 0.29) is 0 Å². The molecule has 0 heterocycles. The molecule has 3 N–H and O–H groups in total. The monoisotopic (exact) mass is 230 g/mol. The summed E-state index contributed by atoms with van der Waals surface area (Å²) in [5.74, 6) is -3.43. The number of aromatic carboxylic acids is 1. The lowest BCUT2D eigenvalue weighted by Gasteiger charge is -2.08. The summed E-state index contributed by atoms with van der Waals surface area (Å²) in [6.07, 6.45) is 0. The summed E-state index contributed by atoms with van der Waals surface area (Å²) in [4.78, 5) is 20.2. The SMILES string of the molecule is COc1c(C(=O)O)cc([N+](=O)[O-])c(N)c1F. The highest BCUT2D eigenvalue weighted by atomic mass is 19.1. The van der Waals surface area contributed by atoms with Gasteiger partial charge in [0.2, 0.25) is 0 Å². The van der Waals surface area contributed by atoms with E-state index in [4.69, 9.17) is 10.8 Å². The third-order valence-corrected chi connectivity index (χ3v) is 1.87. The second-order valence-corrected chi connectivity index (χ2v) is 2.77. The third kappa shape index (κ3) is 1.72. The Kier molecular flexibility index (Phi) is 2.93. The van der Waals surface area contributed by atoms with Crippen molar-refractivity contribution in [2.75, 3.05) is 12.8 Å². The van der Waals surface area contributed by atoms with Gasteiger partial charge in [0, 0.05) is 6.07 Å². The molecule has 86 valence electrons. The van der Waals surface area contributed by atoms with Crippen LogP contribution in [0.15, 0.2) is 6.07 Å². The Balaban J connectivity index is 3.62. The van der Waals surface area contributed by atoms with Gasteiger partial charge in [0.05, 0.1) is 12.0 Å². The molecular formula is C8H7FN2O5. The van der Waals surface area contributed by atoms with E-state index < -0.39 is 39.4 Å². The first-order chi connectivity index (χ1) is 7.40. The molecule has 0 atom stereocenters. The summed E-state index contributed by atoms with van der Waals surface area (Å²) in [7, 11) is 1.04. The minimum atomic E-state index is -1.54. The molecule has 0 radical (unpaired) electrons. The molecule has 0 amide bonds. The van der Waals surface area contributed by atoms with E-state index in [9.17, 15) is 19.3 Å².